The Balaban J connectivity index is 2.01. The molecule has 0 aromatic heterocycles. The molecule has 92 valence electrons. The number of nitrogens with one attached hydrogen (secondary N) is 1. The molecule has 1 aliphatic carbocycles. The number of hydrogen-bond acceptors (Lipinski definition) is 1. The van der Waals surface area contributed by atoms with Crippen molar-refractivity contribution >= 4 is 17.5 Å². The minimum Gasteiger partial charge on any atom is -0.349 e. The Bertz CT molecular complexity index is 449. The van der Waals surface area contributed by atoms with Crippen LogP contribution in [-0.2, 0) is 4.79 Å². The molecule has 1 N–H and O–H groups in total. The van der Waals surface area contributed by atoms with Crippen LogP contribution in [0, 0.1) is 17.7 Å². The molecule has 2 rings (SSSR count). The van der Waals surface area contributed by atoms with Crippen molar-refractivity contribution in [1.82, 2.24) is 5.32 Å². The molecule has 1 fully saturated rings. The Hall–Kier alpha value is -1.09. The lowest BCUT2D eigenvalue weighted by molar-refractivity contribution is -0.123. The van der Waals surface area contributed by atoms with Gasteiger partial charge < -0.3 is 5.32 Å². The van der Waals surface area contributed by atoms with E-state index in [1.54, 1.807) is 12.1 Å². The maximum absolute atomic E-state index is 13.0. The summed E-state index contributed by atoms with van der Waals surface area (Å²) >= 11 is 5.70. The van der Waals surface area contributed by atoms with Crippen molar-refractivity contribution in [2.45, 2.75) is 26.3 Å². The molecule has 0 aliphatic heterocycles. The third-order valence-electron chi connectivity index (χ3n) is 3.25. The largest absolute Gasteiger partial charge is 0.349 e. The molecule has 0 bridgehead atoms. The second-order valence-corrected chi connectivity index (χ2v) is 5.13. The van der Waals surface area contributed by atoms with Gasteiger partial charge >= 0.3 is 0 Å². The minimum absolute atomic E-state index is 0.0745. The molecule has 4 heteroatoms. The van der Waals surface area contributed by atoms with Crippen LogP contribution in [0.4, 0.5) is 4.39 Å². The summed E-state index contributed by atoms with van der Waals surface area (Å²) in [4.78, 5) is 11.7. The molecule has 1 aliphatic rings. The molecule has 0 spiro atoms. The Kier molecular flexibility index (Phi) is 3.38. The van der Waals surface area contributed by atoms with E-state index in [4.69, 9.17) is 11.6 Å². The summed E-state index contributed by atoms with van der Waals surface area (Å²) in [6, 6.07) is 4.37. The summed E-state index contributed by atoms with van der Waals surface area (Å²) in [6.07, 6.45) is 0.961. The highest BCUT2D eigenvalue weighted by atomic mass is 35.5. The zero-order valence-corrected chi connectivity index (χ0v) is 10.6. The lowest BCUT2D eigenvalue weighted by atomic mass is 10.1. The van der Waals surface area contributed by atoms with Crippen LogP contribution in [0.2, 0.25) is 5.02 Å². The van der Waals surface area contributed by atoms with Gasteiger partial charge in [0, 0.05) is 5.92 Å². The molecule has 2 nitrogen and oxygen atoms in total. The van der Waals surface area contributed by atoms with Gasteiger partial charge in [0.2, 0.25) is 5.91 Å². The average molecular weight is 256 g/mol. The number of carbonyl (C=O) groups is 1. The number of carbonyl (C=O) groups excluding carboxylic acids is 1. The van der Waals surface area contributed by atoms with E-state index in [0.717, 1.165) is 12.0 Å². The maximum atomic E-state index is 13.0. The van der Waals surface area contributed by atoms with Gasteiger partial charge in [-0.3, -0.25) is 4.79 Å². The van der Waals surface area contributed by atoms with Crippen molar-refractivity contribution in [2.24, 2.45) is 11.8 Å². The van der Waals surface area contributed by atoms with E-state index < -0.39 is 5.82 Å². The maximum Gasteiger partial charge on any atom is 0.223 e. The second-order valence-electron chi connectivity index (χ2n) is 4.72. The van der Waals surface area contributed by atoms with Crippen molar-refractivity contribution < 1.29 is 9.18 Å². The molecule has 0 unspecified atom stereocenters. The first-order valence-electron chi connectivity index (χ1n) is 5.74. The van der Waals surface area contributed by atoms with Crippen LogP contribution in [-0.4, -0.2) is 5.91 Å². The SMILES string of the molecule is C[C@H](NC(=O)[C@H]1C[C@@H]1C)c1ccc(F)c(Cl)c1. The first-order valence-corrected chi connectivity index (χ1v) is 6.12. The standard InChI is InChI=1S/C13H15ClFNO/c1-7-5-10(7)13(17)16-8(2)9-3-4-12(15)11(14)6-9/h3-4,6-8,10H,5H2,1-2H3,(H,16,17)/t7-,8-,10-/m0/s1. The van der Waals surface area contributed by atoms with Gasteiger partial charge in [-0.05, 0) is 37.0 Å². The molecule has 1 aromatic carbocycles. The fourth-order valence-corrected chi connectivity index (χ4v) is 2.06. The number of benzene rings is 1. The topological polar surface area (TPSA) is 29.1 Å². The van der Waals surface area contributed by atoms with Gasteiger partial charge in [-0.25, -0.2) is 4.39 Å². The van der Waals surface area contributed by atoms with E-state index in [1.165, 1.54) is 6.07 Å². The number of hydrogen-bond donors (Lipinski definition) is 1. The van der Waals surface area contributed by atoms with Gasteiger partial charge in [0.15, 0.2) is 0 Å². The quantitative estimate of drug-likeness (QED) is 0.882. The summed E-state index contributed by atoms with van der Waals surface area (Å²) in [5, 5.41) is 3.00. The molecular weight excluding hydrogens is 241 g/mol. The lowest BCUT2D eigenvalue weighted by Gasteiger charge is -2.14. The Labute approximate surface area is 105 Å². The van der Waals surface area contributed by atoms with E-state index in [2.05, 4.69) is 12.2 Å². The first kappa shape index (κ1) is 12.4. The summed E-state index contributed by atoms with van der Waals surface area (Å²) < 4.78 is 13.0. The average Bonchev–Trinajstić information content (AvgIpc) is 2.99. The fourth-order valence-electron chi connectivity index (χ4n) is 1.87. The molecule has 1 aromatic rings. The zero-order chi connectivity index (χ0) is 12.6. The van der Waals surface area contributed by atoms with Crippen molar-refractivity contribution in [3.8, 4) is 0 Å². The smallest absolute Gasteiger partial charge is 0.223 e. The predicted molar refractivity (Wildman–Crippen MR) is 65.2 cm³/mol. The Morgan fingerprint density at radius 2 is 2.24 bits per heavy atom. The zero-order valence-electron chi connectivity index (χ0n) is 9.84. The minimum atomic E-state index is -0.440. The van der Waals surface area contributed by atoms with Crippen LogP contribution in [0.1, 0.15) is 31.9 Å². The molecule has 17 heavy (non-hydrogen) atoms. The second kappa shape index (κ2) is 4.65. The highest BCUT2D eigenvalue weighted by Gasteiger charge is 2.39. The molecular formula is C13H15ClFNO. The van der Waals surface area contributed by atoms with Crippen molar-refractivity contribution in [3.63, 3.8) is 0 Å². The number of rotatable bonds is 3. The number of halogens is 2. The normalized spacial score (nSPS) is 24.2. The van der Waals surface area contributed by atoms with Crippen LogP contribution in [0.5, 0.6) is 0 Å². The van der Waals surface area contributed by atoms with Crippen molar-refractivity contribution in [2.75, 3.05) is 0 Å². The van der Waals surface area contributed by atoms with Gasteiger partial charge in [0.1, 0.15) is 5.82 Å². The highest BCUT2D eigenvalue weighted by molar-refractivity contribution is 6.30. The third-order valence-corrected chi connectivity index (χ3v) is 3.54. The van der Waals surface area contributed by atoms with Crippen molar-refractivity contribution in [3.05, 3.63) is 34.6 Å². The van der Waals surface area contributed by atoms with Gasteiger partial charge in [-0.1, -0.05) is 24.6 Å². The van der Waals surface area contributed by atoms with E-state index in [1.807, 2.05) is 6.92 Å². The molecule has 1 saturated carbocycles. The summed E-state index contributed by atoms with van der Waals surface area (Å²) in [5.41, 5.74) is 0.818. The molecule has 0 saturated heterocycles. The van der Waals surface area contributed by atoms with Gasteiger partial charge in [-0.15, -0.1) is 0 Å². The van der Waals surface area contributed by atoms with Gasteiger partial charge in [-0.2, -0.15) is 0 Å². The van der Waals surface area contributed by atoms with Crippen molar-refractivity contribution in [1.29, 1.82) is 0 Å². The predicted octanol–water partition coefficient (Wildman–Crippen LogP) is 3.31. The van der Waals surface area contributed by atoms with Gasteiger partial charge in [0.25, 0.3) is 0 Å². The van der Waals surface area contributed by atoms with E-state index in [-0.39, 0.29) is 22.9 Å². The van der Waals surface area contributed by atoms with Crippen LogP contribution in [0.25, 0.3) is 0 Å². The highest BCUT2D eigenvalue weighted by Crippen LogP contribution is 2.38. The molecule has 1 amide bonds. The Morgan fingerprint density at radius 1 is 1.59 bits per heavy atom. The fraction of sp³-hybridized carbons (Fsp3) is 0.462. The summed E-state index contributed by atoms with van der Waals surface area (Å²) in [7, 11) is 0. The third kappa shape index (κ3) is 2.78. The Morgan fingerprint density at radius 3 is 2.76 bits per heavy atom. The van der Waals surface area contributed by atoms with E-state index in [0.29, 0.717) is 5.92 Å². The summed E-state index contributed by atoms with van der Waals surface area (Å²) in [5.74, 6) is 0.266. The van der Waals surface area contributed by atoms with E-state index >= 15 is 0 Å². The summed E-state index contributed by atoms with van der Waals surface area (Å²) in [6.45, 7) is 3.93. The first-order chi connectivity index (χ1) is 7.99. The van der Waals surface area contributed by atoms with Crippen LogP contribution in [0.15, 0.2) is 18.2 Å². The molecule has 3 atom stereocenters. The lowest BCUT2D eigenvalue weighted by Crippen LogP contribution is -2.28. The van der Waals surface area contributed by atoms with Gasteiger partial charge in [0.05, 0.1) is 11.1 Å². The molecule has 0 heterocycles. The van der Waals surface area contributed by atoms with Crippen LogP contribution in [0.3, 0.4) is 0 Å². The van der Waals surface area contributed by atoms with Crippen LogP contribution >= 0.6 is 11.6 Å². The van der Waals surface area contributed by atoms with Crippen LogP contribution < -0.4 is 5.32 Å². The molecule has 0 radical (unpaired) electrons. The monoisotopic (exact) mass is 255 g/mol. The number of amides is 1. The van der Waals surface area contributed by atoms with E-state index in [9.17, 15) is 9.18 Å².